The molecule has 1 aliphatic carbocycles. The molecule has 0 saturated carbocycles. The van der Waals surface area contributed by atoms with E-state index in [1.165, 1.54) is 49.6 Å². The molecule has 2 N–H and O–H groups in total. The molecule has 21 heavy (non-hydrogen) atoms. The number of benzene rings is 2. The van der Waals surface area contributed by atoms with Crippen molar-refractivity contribution in [1.29, 1.82) is 0 Å². The van der Waals surface area contributed by atoms with Crippen LogP contribution in [0.25, 0.3) is 0 Å². The first kappa shape index (κ1) is 15.5. The fourth-order valence-corrected chi connectivity index (χ4v) is 2.63. The minimum absolute atomic E-state index is 0.227. The van der Waals surface area contributed by atoms with E-state index in [1.54, 1.807) is 6.07 Å². The van der Waals surface area contributed by atoms with Gasteiger partial charge in [-0.3, -0.25) is 0 Å². The molecule has 2 aromatic carbocycles. The number of aryl methyl sites for hydroxylation is 3. The van der Waals surface area contributed by atoms with Crippen molar-refractivity contribution in [3.05, 3.63) is 58.9 Å². The van der Waals surface area contributed by atoms with Gasteiger partial charge in [0.1, 0.15) is 17.3 Å². The summed E-state index contributed by atoms with van der Waals surface area (Å²) in [5.74, 6) is 1.34. The monoisotopic (exact) mass is 287 g/mol. The van der Waals surface area contributed by atoms with E-state index in [0.29, 0.717) is 0 Å². The lowest BCUT2D eigenvalue weighted by molar-refractivity contribution is 0.474. The molecule has 112 valence electrons. The summed E-state index contributed by atoms with van der Waals surface area (Å²) in [6.45, 7) is 1.86. The van der Waals surface area contributed by atoms with Crippen LogP contribution in [0.15, 0.2) is 36.4 Å². The Morgan fingerprint density at radius 2 is 1.67 bits per heavy atom. The van der Waals surface area contributed by atoms with Crippen LogP contribution in [0.4, 0.5) is 4.39 Å². The molecular weight excluding hydrogens is 265 g/mol. The fourth-order valence-electron chi connectivity index (χ4n) is 2.63. The van der Waals surface area contributed by atoms with Gasteiger partial charge in [-0.2, -0.15) is 0 Å². The smallest absolute Gasteiger partial charge is 0.130 e. The third-order valence-electron chi connectivity index (χ3n) is 3.68. The molecule has 0 aliphatic heterocycles. The summed E-state index contributed by atoms with van der Waals surface area (Å²) in [4.78, 5) is 0. The van der Waals surface area contributed by atoms with Gasteiger partial charge in [-0.15, -0.1) is 0 Å². The molecule has 0 amide bonds. The molecule has 0 heterocycles. The number of nitrogens with two attached hydrogens (primary N) is 1. The van der Waals surface area contributed by atoms with Crippen molar-refractivity contribution < 1.29 is 9.13 Å². The maximum atomic E-state index is 13.1. The summed E-state index contributed by atoms with van der Waals surface area (Å²) in [5.41, 5.74) is 8.15. The predicted molar refractivity (Wildman–Crippen MR) is 84.4 cm³/mol. The molecule has 3 rings (SSSR count). The molecule has 2 aromatic rings. The van der Waals surface area contributed by atoms with Crippen LogP contribution in [-0.2, 0) is 12.8 Å². The molecule has 0 bridgehead atoms. The number of hydrogen-bond donors (Lipinski definition) is 1. The van der Waals surface area contributed by atoms with Crippen molar-refractivity contribution in [1.82, 2.24) is 0 Å². The average molecular weight is 287 g/mol. The molecule has 0 atom stereocenters. The molecular formula is C18H22FNO. The van der Waals surface area contributed by atoms with E-state index in [-0.39, 0.29) is 5.82 Å². The Bertz CT molecular complexity index is 610. The van der Waals surface area contributed by atoms with E-state index in [2.05, 4.69) is 17.9 Å². The zero-order valence-corrected chi connectivity index (χ0v) is 12.7. The molecule has 0 fully saturated rings. The summed E-state index contributed by atoms with van der Waals surface area (Å²) < 4.78 is 18.9. The van der Waals surface area contributed by atoms with Crippen LogP contribution in [0.3, 0.4) is 0 Å². The molecule has 3 heteroatoms. The lowest BCUT2D eigenvalue weighted by Gasteiger charge is -2.17. The van der Waals surface area contributed by atoms with E-state index in [0.717, 1.165) is 23.5 Å². The Hall–Kier alpha value is -1.87. The van der Waals surface area contributed by atoms with E-state index in [1.807, 2.05) is 13.0 Å². The number of ether oxygens (including phenoxy) is 1. The van der Waals surface area contributed by atoms with E-state index in [9.17, 15) is 4.39 Å². The Balaban J connectivity index is 0.000000774. The van der Waals surface area contributed by atoms with Gasteiger partial charge in [0.25, 0.3) is 0 Å². The normalized spacial score (nSPS) is 13.0. The highest BCUT2D eigenvalue weighted by Gasteiger charge is 2.10. The number of fused-ring (bicyclic) bond motifs is 1. The first-order chi connectivity index (χ1) is 10.2. The summed E-state index contributed by atoms with van der Waals surface area (Å²) in [5, 5.41) is 0. The van der Waals surface area contributed by atoms with Crippen LogP contribution in [0, 0.1) is 12.7 Å². The third kappa shape index (κ3) is 3.82. The zero-order valence-electron chi connectivity index (χ0n) is 12.7. The Kier molecular flexibility index (Phi) is 5.34. The van der Waals surface area contributed by atoms with E-state index >= 15 is 0 Å². The summed E-state index contributed by atoms with van der Waals surface area (Å²) >= 11 is 0. The third-order valence-corrected chi connectivity index (χ3v) is 3.68. The quantitative estimate of drug-likeness (QED) is 0.889. The molecule has 0 spiro atoms. The van der Waals surface area contributed by atoms with Crippen LogP contribution >= 0.6 is 0 Å². The van der Waals surface area contributed by atoms with Gasteiger partial charge in [0.15, 0.2) is 0 Å². The maximum Gasteiger partial charge on any atom is 0.130 e. The van der Waals surface area contributed by atoms with Gasteiger partial charge < -0.3 is 10.5 Å². The van der Waals surface area contributed by atoms with Crippen molar-refractivity contribution in [3.8, 4) is 11.5 Å². The van der Waals surface area contributed by atoms with E-state index in [4.69, 9.17) is 4.74 Å². The van der Waals surface area contributed by atoms with Crippen molar-refractivity contribution in [3.63, 3.8) is 0 Å². The lowest BCUT2D eigenvalue weighted by Crippen LogP contribution is -2.02. The van der Waals surface area contributed by atoms with Crippen LogP contribution in [0.1, 0.15) is 29.5 Å². The lowest BCUT2D eigenvalue weighted by atomic mass is 9.92. The van der Waals surface area contributed by atoms with Gasteiger partial charge in [-0.1, -0.05) is 6.07 Å². The molecule has 2 nitrogen and oxygen atoms in total. The SMILES string of the molecule is CN.Cc1cc(F)ccc1Oc1ccc2c(c1)CCCC2. The van der Waals surface area contributed by atoms with Gasteiger partial charge in [0, 0.05) is 0 Å². The van der Waals surface area contributed by atoms with Crippen LogP contribution < -0.4 is 10.5 Å². The maximum absolute atomic E-state index is 13.1. The Morgan fingerprint density at radius 1 is 0.952 bits per heavy atom. The fraction of sp³-hybridized carbons (Fsp3) is 0.333. The highest BCUT2D eigenvalue weighted by atomic mass is 19.1. The predicted octanol–water partition coefficient (Wildman–Crippen LogP) is 4.38. The van der Waals surface area contributed by atoms with Gasteiger partial charge in [-0.05, 0) is 86.7 Å². The number of hydrogen-bond acceptors (Lipinski definition) is 2. The molecule has 0 unspecified atom stereocenters. The highest BCUT2D eigenvalue weighted by molar-refractivity contribution is 5.41. The molecule has 0 radical (unpaired) electrons. The summed E-state index contributed by atoms with van der Waals surface area (Å²) in [6.07, 6.45) is 4.84. The summed E-state index contributed by atoms with van der Waals surface area (Å²) in [7, 11) is 1.50. The second-order valence-electron chi connectivity index (χ2n) is 5.15. The topological polar surface area (TPSA) is 35.2 Å². The van der Waals surface area contributed by atoms with Gasteiger partial charge >= 0.3 is 0 Å². The van der Waals surface area contributed by atoms with Crippen LogP contribution in [-0.4, -0.2) is 7.05 Å². The first-order valence-electron chi connectivity index (χ1n) is 7.36. The summed E-state index contributed by atoms with van der Waals surface area (Å²) in [6, 6.07) is 10.9. The second kappa shape index (κ2) is 7.23. The standard InChI is InChI=1S/C17H17FO.CH5N/c1-12-10-15(18)7-9-17(12)19-16-8-6-13-4-2-3-5-14(13)11-16;1-2/h6-11H,2-5H2,1H3;2H2,1H3. The van der Waals surface area contributed by atoms with Gasteiger partial charge in [-0.25, -0.2) is 4.39 Å². The zero-order chi connectivity index (χ0) is 15.2. The molecule has 0 aromatic heterocycles. The minimum atomic E-state index is -0.227. The first-order valence-corrected chi connectivity index (χ1v) is 7.36. The van der Waals surface area contributed by atoms with Crippen LogP contribution in [0.2, 0.25) is 0 Å². The average Bonchev–Trinajstić information content (AvgIpc) is 2.52. The van der Waals surface area contributed by atoms with E-state index < -0.39 is 0 Å². The van der Waals surface area contributed by atoms with Gasteiger partial charge in [0.05, 0.1) is 0 Å². The minimum Gasteiger partial charge on any atom is -0.457 e. The molecule has 0 saturated heterocycles. The van der Waals surface area contributed by atoms with Crippen molar-refractivity contribution in [2.24, 2.45) is 5.73 Å². The van der Waals surface area contributed by atoms with Crippen LogP contribution in [0.5, 0.6) is 11.5 Å². The van der Waals surface area contributed by atoms with Crippen molar-refractivity contribution in [2.45, 2.75) is 32.6 Å². The van der Waals surface area contributed by atoms with Gasteiger partial charge in [0.2, 0.25) is 0 Å². The second-order valence-corrected chi connectivity index (χ2v) is 5.15. The molecule has 1 aliphatic rings. The Labute approximate surface area is 125 Å². The number of halogens is 1. The number of rotatable bonds is 2. The highest BCUT2D eigenvalue weighted by Crippen LogP contribution is 2.29. The van der Waals surface area contributed by atoms with Crippen molar-refractivity contribution in [2.75, 3.05) is 7.05 Å². The Morgan fingerprint density at radius 3 is 2.38 bits per heavy atom. The largest absolute Gasteiger partial charge is 0.457 e. The van der Waals surface area contributed by atoms with Crippen molar-refractivity contribution >= 4 is 0 Å².